The number of hydrogen-bond acceptors (Lipinski definition) is 2. The van der Waals surface area contributed by atoms with Crippen LogP contribution in [-0.4, -0.2) is 12.2 Å². The van der Waals surface area contributed by atoms with E-state index in [1.165, 1.54) is 0 Å². The van der Waals surface area contributed by atoms with Gasteiger partial charge in [0.1, 0.15) is 11.5 Å². The van der Waals surface area contributed by atoms with Crippen molar-refractivity contribution < 1.29 is 9.84 Å². The van der Waals surface area contributed by atoms with E-state index in [1.807, 2.05) is 25.1 Å². The molecule has 0 atom stereocenters. The van der Waals surface area contributed by atoms with Gasteiger partial charge in [0.15, 0.2) is 0 Å². The van der Waals surface area contributed by atoms with Crippen LogP contribution in [0.25, 0.3) is 6.08 Å². The van der Waals surface area contributed by atoms with Gasteiger partial charge in [-0.15, -0.1) is 0 Å². The molecule has 0 saturated heterocycles. The maximum absolute atomic E-state index is 9.42. The molecule has 0 saturated carbocycles. The lowest BCUT2D eigenvalue weighted by atomic mass is 10.1. The highest BCUT2D eigenvalue weighted by atomic mass is 16.5. The molecule has 0 bridgehead atoms. The first-order chi connectivity index (χ1) is 5.79. The van der Waals surface area contributed by atoms with E-state index in [2.05, 4.69) is 0 Å². The highest BCUT2D eigenvalue weighted by molar-refractivity contribution is 5.63. The van der Waals surface area contributed by atoms with E-state index in [-0.39, 0.29) is 5.75 Å². The standard InChI is InChI=1S/C10H12O2/c1-3-5-8-9(11)6-4-7-10(8)12-2/h3-7,11H,1-2H3/b5-3+. The molecule has 0 unspecified atom stereocenters. The predicted octanol–water partition coefficient (Wildman–Crippen LogP) is 2.43. The van der Waals surface area contributed by atoms with Gasteiger partial charge in [-0.05, 0) is 19.1 Å². The molecule has 1 aromatic carbocycles. The Kier molecular flexibility index (Phi) is 2.75. The molecule has 1 aromatic rings. The Hall–Kier alpha value is -1.44. The molecule has 1 N–H and O–H groups in total. The normalized spacial score (nSPS) is 10.5. The average molecular weight is 164 g/mol. The third kappa shape index (κ3) is 1.59. The molecule has 0 spiro atoms. The number of ether oxygens (including phenoxy) is 1. The summed E-state index contributed by atoms with van der Waals surface area (Å²) in [7, 11) is 1.59. The van der Waals surface area contributed by atoms with Gasteiger partial charge in [-0.25, -0.2) is 0 Å². The van der Waals surface area contributed by atoms with Gasteiger partial charge in [0.05, 0.1) is 12.7 Å². The van der Waals surface area contributed by atoms with Crippen LogP contribution >= 0.6 is 0 Å². The van der Waals surface area contributed by atoms with E-state index in [9.17, 15) is 5.11 Å². The second kappa shape index (κ2) is 3.81. The van der Waals surface area contributed by atoms with Gasteiger partial charge in [0.2, 0.25) is 0 Å². The van der Waals surface area contributed by atoms with Gasteiger partial charge >= 0.3 is 0 Å². The fourth-order valence-electron chi connectivity index (χ4n) is 1.04. The molecular formula is C10H12O2. The van der Waals surface area contributed by atoms with Crippen molar-refractivity contribution in [1.82, 2.24) is 0 Å². The summed E-state index contributed by atoms with van der Waals surface area (Å²) in [5.41, 5.74) is 0.725. The molecule has 0 radical (unpaired) electrons. The van der Waals surface area contributed by atoms with Crippen LogP contribution < -0.4 is 4.74 Å². The Balaban J connectivity index is 3.19. The van der Waals surface area contributed by atoms with Gasteiger partial charge in [-0.2, -0.15) is 0 Å². The maximum atomic E-state index is 9.42. The fourth-order valence-corrected chi connectivity index (χ4v) is 1.04. The summed E-state index contributed by atoms with van der Waals surface area (Å²) in [4.78, 5) is 0. The van der Waals surface area contributed by atoms with Crippen molar-refractivity contribution in [3.05, 3.63) is 29.8 Å². The number of rotatable bonds is 2. The van der Waals surface area contributed by atoms with Crippen LogP contribution in [0, 0.1) is 0 Å². The molecule has 64 valence electrons. The predicted molar refractivity (Wildman–Crippen MR) is 49.4 cm³/mol. The van der Waals surface area contributed by atoms with Gasteiger partial charge in [0, 0.05) is 0 Å². The molecule has 0 aliphatic heterocycles. The second-order valence-corrected chi connectivity index (χ2v) is 2.39. The summed E-state index contributed by atoms with van der Waals surface area (Å²) < 4.78 is 5.07. The molecule has 12 heavy (non-hydrogen) atoms. The van der Waals surface area contributed by atoms with Crippen LogP contribution in [0.4, 0.5) is 0 Å². The third-order valence-electron chi connectivity index (χ3n) is 1.60. The lowest BCUT2D eigenvalue weighted by molar-refractivity contribution is 0.406. The number of hydrogen-bond donors (Lipinski definition) is 1. The van der Waals surface area contributed by atoms with Gasteiger partial charge in [-0.1, -0.05) is 18.2 Å². The molecule has 2 nitrogen and oxygen atoms in total. The summed E-state index contributed by atoms with van der Waals surface area (Å²) in [5, 5.41) is 9.42. The number of methoxy groups -OCH3 is 1. The van der Waals surface area contributed by atoms with Gasteiger partial charge < -0.3 is 9.84 Å². The molecule has 0 amide bonds. The van der Waals surface area contributed by atoms with Crippen molar-refractivity contribution in [2.45, 2.75) is 6.92 Å². The van der Waals surface area contributed by atoms with Crippen LogP contribution in [0.3, 0.4) is 0 Å². The Morgan fingerprint density at radius 2 is 2.17 bits per heavy atom. The van der Waals surface area contributed by atoms with Crippen LogP contribution in [-0.2, 0) is 0 Å². The minimum absolute atomic E-state index is 0.243. The van der Waals surface area contributed by atoms with E-state index in [0.29, 0.717) is 5.75 Å². The first-order valence-electron chi connectivity index (χ1n) is 3.78. The van der Waals surface area contributed by atoms with Crippen molar-refractivity contribution in [2.24, 2.45) is 0 Å². The minimum atomic E-state index is 0.243. The molecule has 0 aliphatic rings. The zero-order chi connectivity index (χ0) is 8.97. The Bertz CT molecular complexity index is 290. The summed E-state index contributed by atoms with van der Waals surface area (Å²) in [5.74, 6) is 0.931. The quantitative estimate of drug-likeness (QED) is 0.727. The van der Waals surface area contributed by atoms with Crippen LogP contribution in [0.2, 0.25) is 0 Å². The summed E-state index contributed by atoms with van der Waals surface area (Å²) in [6.07, 6.45) is 3.67. The first kappa shape index (κ1) is 8.65. The minimum Gasteiger partial charge on any atom is -0.507 e. The smallest absolute Gasteiger partial charge is 0.129 e. The SMILES string of the molecule is C/C=C/c1c(O)cccc1OC. The highest BCUT2D eigenvalue weighted by Crippen LogP contribution is 2.28. The van der Waals surface area contributed by atoms with E-state index in [1.54, 1.807) is 19.2 Å². The largest absolute Gasteiger partial charge is 0.507 e. The van der Waals surface area contributed by atoms with Gasteiger partial charge in [-0.3, -0.25) is 0 Å². The Morgan fingerprint density at radius 1 is 1.42 bits per heavy atom. The van der Waals surface area contributed by atoms with Crippen LogP contribution in [0.5, 0.6) is 11.5 Å². The molecule has 0 fully saturated rings. The second-order valence-electron chi connectivity index (χ2n) is 2.39. The molecule has 1 rings (SSSR count). The Morgan fingerprint density at radius 3 is 2.75 bits per heavy atom. The third-order valence-corrected chi connectivity index (χ3v) is 1.60. The number of allylic oxidation sites excluding steroid dienone is 1. The van der Waals surface area contributed by atoms with Gasteiger partial charge in [0.25, 0.3) is 0 Å². The summed E-state index contributed by atoms with van der Waals surface area (Å²) >= 11 is 0. The van der Waals surface area contributed by atoms with Crippen LogP contribution in [0.15, 0.2) is 24.3 Å². The number of phenols is 1. The van der Waals surface area contributed by atoms with Crippen molar-refractivity contribution in [1.29, 1.82) is 0 Å². The number of benzene rings is 1. The van der Waals surface area contributed by atoms with E-state index in [4.69, 9.17) is 4.74 Å². The maximum Gasteiger partial charge on any atom is 0.129 e. The lowest BCUT2D eigenvalue weighted by Gasteiger charge is -2.05. The van der Waals surface area contributed by atoms with Crippen molar-refractivity contribution in [2.75, 3.05) is 7.11 Å². The van der Waals surface area contributed by atoms with E-state index < -0.39 is 0 Å². The van der Waals surface area contributed by atoms with E-state index >= 15 is 0 Å². The lowest BCUT2D eigenvalue weighted by Crippen LogP contribution is -1.86. The highest BCUT2D eigenvalue weighted by Gasteiger charge is 2.02. The molecule has 0 aliphatic carbocycles. The Labute approximate surface area is 72.1 Å². The molecule has 0 heterocycles. The fraction of sp³-hybridized carbons (Fsp3) is 0.200. The monoisotopic (exact) mass is 164 g/mol. The number of phenolic OH excluding ortho intramolecular Hbond substituents is 1. The zero-order valence-corrected chi connectivity index (χ0v) is 7.24. The average Bonchev–Trinajstić information content (AvgIpc) is 2.09. The number of aromatic hydroxyl groups is 1. The zero-order valence-electron chi connectivity index (χ0n) is 7.24. The van der Waals surface area contributed by atoms with E-state index in [0.717, 1.165) is 5.56 Å². The topological polar surface area (TPSA) is 29.5 Å². The van der Waals surface area contributed by atoms with Crippen LogP contribution in [0.1, 0.15) is 12.5 Å². The van der Waals surface area contributed by atoms with Crippen molar-refractivity contribution >= 4 is 6.08 Å². The van der Waals surface area contributed by atoms with Crippen molar-refractivity contribution in [3.8, 4) is 11.5 Å². The summed E-state index contributed by atoms with van der Waals surface area (Å²) in [6.45, 7) is 1.89. The summed E-state index contributed by atoms with van der Waals surface area (Å²) in [6, 6.07) is 5.20. The molecule has 0 aromatic heterocycles. The molecule has 2 heteroatoms. The first-order valence-corrected chi connectivity index (χ1v) is 3.78. The molecular weight excluding hydrogens is 152 g/mol. The van der Waals surface area contributed by atoms with Crippen molar-refractivity contribution in [3.63, 3.8) is 0 Å².